The van der Waals surface area contributed by atoms with Crippen molar-refractivity contribution in [3.63, 3.8) is 0 Å². The zero-order chi connectivity index (χ0) is 13.8. The van der Waals surface area contributed by atoms with Crippen LogP contribution in [0, 0.1) is 17.8 Å². The molecule has 4 atom stereocenters. The number of aliphatic hydroxyl groups is 1. The second-order valence-corrected chi connectivity index (χ2v) is 7.31. The summed E-state index contributed by atoms with van der Waals surface area (Å²) in [6.45, 7) is 4.49. The Balaban J connectivity index is 1.24. The van der Waals surface area contributed by atoms with E-state index >= 15 is 0 Å². The van der Waals surface area contributed by atoms with Crippen LogP contribution in [0.4, 0.5) is 0 Å². The Hall–Kier alpha value is -0.120. The van der Waals surface area contributed by atoms with E-state index in [2.05, 4.69) is 4.90 Å². The summed E-state index contributed by atoms with van der Waals surface area (Å²) in [5.41, 5.74) is 0. The van der Waals surface area contributed by atoms with Crippen LogP contribution in [-0.2, 0) is 4.74 Å². The number of rotatable bonds is 7. The van der Waals surface area contributed by atoms with Crippen molar-refractivity contribution >= 4 is 0 Å². The van der Waals surface area contributed by atoms with Gasteiger partial charge in [0.25, 0.3) is 0 Å². The number of β-amino-alcohol motifs (C(OH)–C–C–N with tert-alkyl or cyclic N) is 1. The number of hydrogen-bond acceptors (Lipinski definition) is 3. The summed E-state index contributed by atoms with van der Waals surface area (Å²) in [6.07, 6.45) is 10.7. The quantitative estimate of drug-likeness (QED) is 0.728. The largest absolute Gasteiger partial charge is 0.389 e. The lowest BCUT2D eigenvalue weighted by atomic mass is 9.87. The van der Waals surface area contributed by atoms with Crippen LogP contribution in [0.25, 0.3) is 0 Å². The molecule has 116 valence electrons. The Kier molecular flexibility index (Phi) is 5.36. The number of nitrogens with zero attached hydrogens (tertiary/aromatic N) is 1. The Morgan fingerprint density at radius 3 is 2.65 bits per heavy atom. The molecule has 0 spiro atoms. The van der Waals surface area contributed by atoms with Crippen LogP contribution in [0.5, 0.6) is 0 Å². The van der Waals surface area contributed by atoms with Crippen molar-refractivity contribution in [1.82, 2.24) is 4.90 Å². The van der Waals surface area contributed by atoms with Gasteiger partial charge in [0, 0.05) is 13.2 Å². The minimum Gasteiger partial charge on any atom is -0.389 e. The van der Waals surface area contributed by atoms with Gasteiger partial charge in [-0.25, -0.2) is 0 Å². The first-order valence-corrected chi connectivity index (χ1v) is 8.79. The van der Waals surface area contributed by atoms with Gasteiger partial charge >= 0.3 is 0 Å². The zero-order valence-corrected chi connectivity index (χ0v) is 12.8. The van der Waals surface area contributed by atoms with Gasteiger partial charge in [-0.2, -0.15) is 0 Å². The number of hydrogen-bond donors (Lipinski definition) is 1. The number of ether oxygens (including phenoxy) is 1. The van der Waals surface area contributed by atoms with Crippen LogP contribution in [0.3, 0.4) is 0 Å². The molecule has 20 heavy (non-hydrogen) atoms. The molecule has 0 unspecified atom stereocenters. The van der Waals surface area contributed by atoms with Crippen LogP contribution >= 0.6 is 0 Å². The summed E-state index contributed by atoms with van der Waals surface area (Å²) >= 11 is 0. The maximum absolute atomic E-state index is 10.0. The van der Waals surface area contributed by atoms with Crippen LogP contribution in [-0.4, -0.2) is 49.0 Å². The highest BCUT2D eigenvalue weighted by molar-refractivity contribution is 4.89. The van der Waals surface area contributed by atoms with Crippen molar-refractivity contribution in [2.24, 2.45) is 17.8 Å². The molecule has 1 saturated heterocycles. The first-order valence-electron chi connectivity index (χ1n) is 8.79. The molecule has 1 heterocycles. The smallest absolute Gasteiger partial charge is 0.0900 e. The van der Waals surface area contributed by atoms with Crippen LogP contribution in [0.1, 0.15) is 51.4 Å². The van der Waals surface area contributed by atoms with Gasteiger partial charge in [0.1, 0.15) is 0 Å². The molecule has 2 bridgehead atoms. The predicted octanol–water partition coefficient (Wildman–Crippen LogP) is 2.68. The van der Waals surface area contributed by atoms with Crippen molar-refractivity contribution in [3.8, 4) is 0 Å². The molecule has 0 aromatic heterocycles. The Morgan fingerprint density at radius 1 is 1.10 bits per heavy atom. The predicted molar refractivity (Wildman–Crippen MR) is 80.7 cm³/mol. The third kappa shape index (κ3) is 3.96. The molecule has 3 fully saturated rings. The van der Waals surface area contributed by atoms with E-state index in [4.69, 9.17) is 4.74 Å². The van der Waals surface area contributed by atoms with E-state index in [-0.39, 0.29) is 6.10 Å². The van der Waals surface area contributed by atoms with Crippen molar-refractivity contribution < 1.29 is 9.84 Å². The fourth-order valence-electron chi connectivity index (χ4n) is 4.68. The lowest BCUT2D eigenvalue weighted by Crippen LogP contribution is -2.38. The summed E-state index contributed by atoms with van der Waals surface area (Å²) in [5.74, 6) is 2.96. The van der Waals surface area contributed by atoms with E-state index in [9.17, 15) is 5.11 Å². The van der Waals surface area contributed by atoms with Gasteiger partial charge in [0.05, 0.1) is 12.7 Å². The van der Waals surface area contributed by atoms with Crippen molar-refractivity contribution in [1.29, 1.82) is 0 Å². The average molecular weight is 281 g/mol. The van der Waals surface area contributed by atoms with Crippen molar-refractivity contribution in [3.05, 3.63) is 0 Å². The lowest BCUT2D eigenvalue weighted by Gasteiger charge is -2.28. The maximum Gasteiger partial charge on any atom is 0.0900 e. The maximum atomic E-state index is 10.0. The SMILES string of the molecule is O[C@H](COCC[C@H]1C[C@H]2CC[C@H]1C2)CN1CCCCC1. The fourth-order valence-corrected chi connectivity index (χ4v) is 4.68. The summed E-state index contributed by atoms with van der Waals surface area (Å²) in [7, 11) is 0. The van der Waals surface area contributed by atoms with Gasteiger partial charge < -0.3 is 14.7 Å². The topological polar surface area (TPSA) is 32.7 Å². The molecule has 1 N–H and O–H groups in total. The zero-order valence-electron chi connectivity index (χ0n) is 12.8. The van der Waals surface area contributed by atoms with E-state index in [0.717, 1.165) is 44.0 Å². The lowest BCUT2D eigenvalue weighted by molar-refractivity contribution is 0.00805. The van der Waals surface area contributed by atoms with Gasteiger partial charge in [-0.1, -0.05) is 12.8 Å². The van der Waals surface area contributed by atoms with E-state index < -0.39 is 0 Å². The van der Waals surface area contributed by atoms with Gasteiger partial charge in [0.15, 0.2) is 0 Å². The molecule has 3 heteroatoms. The fraction of sp³-hybridized carbons (Fsp3) is 1.00. The molecular weight excluding hydrogens is 250 g/mol. The summed E-state index contributed by atoms with van der Waals surface area (Å²) in [5, 5.41) is 10.0. The highest BCUT2D eigenvalue weighted by atomic mass is 16.5. The molecule has 3 aliphatic rings. The van der Waals surface area contributed by atoms with Gasteiger partial charge in [-0.15, -0.1) is 0 Å². The van der Waals surface area contributed by atoms with Crippen LogP contribution in [0.15, 0.2) is 0 Å². The van der Waals surface area contributed by atoms with E-state index in [0.29, 0.717) is 6.61 Å². The minimum absolute atomic E-state index is 0.298. The number of fused-ring (bicyclic) bond motifs is 2. The second-order valence-electron chi connectivity index (χ2n) is 7.31. The molecular formula is C17H31NO2. The van der Waals surface area contributed by atoms with E-state index in [1.165, 1.54) is 51.4 Å². The first-order chi connectivity index (χ1) is 9.81. The molecule has 3 nitrogen and oxygen atoms in total. The molecule has 0 aromatic rings. The normalized spacial score (nSPS) is 35.5. The van der Waals surface area contributed by atoms with Gasteiger partial charge in [-0.3, -0.25) is 0 Å². The Labute approximate surface area is 123 Å². The summed E-state index contributed by atoms with van der Waals surface area (Å²) in [4.78, 5) is 2.38. The molecule has 1 aliphatic heterocycles. The van der Waals surface area contributed by atoms with Crippen LogP contribution in [0.2, 0.25) is 0 Å². The second kappa shape index (κ2) is 7.24. The molecule has 2 aliphatic carbocycles. The standard InChI is InChI=1S/C17H31NO2/c19-17(12-18-7-2-1-3-8-18)13-20-9-6-16-11-14-4-5-15(16)10-14/h14-17,19H,1-13H2/t14-,15-,16-,17-/m0/s1. The van der Waals surface area contributed by atoms with Gasteiger partial charge in [-0.05, 0) is 69.4 Å². The van der Waals surface area contributed by atoms with Crippen molar-refractivity contribution in [2.75, 3.05) is 32.8 Å². The molecule has 2 saturated carbocycles. The summed E-state index contributed by atoms with van der Waals surface area (Å²) < 4.78 is 5.73. The molecule has 3 rings (SSSR count). The van der Waals surface area contributed by atoms with E-state index in [1.807, 2.05) is 0 Å². The average Bonchev–Trinajstić information content (AvgIpc) is 3.07. The number of piperidine rings is 1. The minimum atomic E-state index is -0.298. The third-order valence-electron chi connectivity index (χ3n) is 5.75. The van der Waals surface area contributed by atoms with E-state index in [1.54, 1.807) is 0 Å². The van der Waals surface area contributed by atoms with Crippen molar-refractivity contribution in [2.45, 2.75) is 57.5 Å². The third-order valence-corrected chi connectivity index (χ3v) is 5.75. The highest BCUT2D eigenvalue weighted by Gasteiger charge is 2.38. The number of likely N-dealkylation sites (tertiary alicyclic amines) is 1. The molecule has 0 amide bonds. The first kappa shape index (κ1) is 14.8. The molecule has 0 aromatic carbocycles. The van der Waals surface area contributed by atoms with Crippen LogP contribution < -0.4 is 0 Å². The monoisotopic (exact) mass is 281 g/mol. The number of aliphatic hydroxyl groups excluding tert-OH is 1. The van der Waals surface area contributed by atoms with Gasteiger partial charge in [0.2, 0.25) is 0 Å². The summed E-state index contributed by atoms with van der Waals surface area (Å²) in [6, 6.07) is 0. The Morgan fingerprint density at radius 2 is 1.95 bits per heavy atom. The Bertz CT molecular complexity index is 291. The molecule has 0 radical (unpaired) electrons. The highest BCUT2D eigenvalue weighted by Crippen LogP contribution is 2.49.